The van der Waals surface area contributed by atoms with E-state index in [1.54, 1.807) is 11.3 Å². The van der Waals surface area contributed by atoms with Crippen LogP contribution in [0.15, 0.2) is 113 Å². The highest BCUT2D eigenvalue weighted by atomic mass is 79.9. The van der Waals surface area contributed by atoms with Crippen molar-refractivity contribution in [3.8, 4) is 11.3 Å². The van der Waals surface area contributed by atoms with E-state index in [1.165, 1.54) is 10.8 Å². The van der Waals surface area contributed by atoms with Crippen molar-refractivity contribution in [1.82, 2.24) is 9.97 Å². The van der Waals surface area contributed by atoms with Crippen molar-refractivity contribution in [1.29, 1.82) is 0 Å². The number of anilines is 3. The van der Waals surface area contributed by atoms with Crippen LogP contribution in [0.25, 0.3) is 32.4 Å². The Labute approximate surface area is 204 Å². The maximum atomic E-state index is 4.86. The Kier molecular flexibility index (Phi) is 5.13. The summed E-state index contributed by atoms with van der Waals surface area (Å²) in [7, 11) is 0. The van der Waals surface area contributed by atoms with Gasteiger partial charge in [-0.1, -0.05) is 60.7 Å². The molecule has 0 radical (unpaired) electrons. The molecule has 0 aliphatic rings. The molecule has 33 heavy (non-hydrogen) atoms. The van der Waals surface area contributed by atoms with Gasteiger partial charge in [0, 0.05) is 22.6 Å². The lowest BCUT2D eigenvalue weighted by atomic mass is 10.1. The molecule has 4 aromatic carbocycles. The summed E-state index contributed by atoms with van der Waals surface area (Å²) in [4.78, 5) is 12.7. The molecule has 6 rings (SSSR count). The van der Waals surface area contributed by atoms with Crippen molar-refractivity contribution in [2.24, 2.45) is 0 Å². The van der Waals surface area contributed by atoms with E-state index in [0.717, 1.165) is 42.5 Å². The normalized spacial score (nSPS) is 11.2. The highest BCUT2D eigenvalue weighted by molar-refractivity contribution is 9.11. The van der Waals surface area contributed by atoms with Gasteiger partial charge in [-0.15, -0.1) is 11.3 Å². The molecule has 6 aromatic rings. The molecular weight excluding hydrogens is 490 g/mol. The molecule has 0 aliphatic heterocycles. The van der Waals surface area contributed by atoms with Gasteiger partial charge in [-0.25, -0.2) is 4.98 Å². The number of para-hydroxylation sites is 1. The van der Waals surface area contributed by atoms with Crippen LogP contribution in [0.2, 0.25) is 0 Å². The summed E-state index contributed by atoms with van der Waals surface area (Å²) in [5.41, 5.74) is 6.10. The lowest BCUT2D eigenvalue weighted by molar-refractivity contribution is 1.28. The largest absolute Gasteiger partial charge is 0.310 e. The van der Waals surface area contributed by atoms with E-state index < -0.39 is 0 Å². The third kappa shape index (κ3) is 3.90. The Morgan fingerprint density at radius 1 is 0.667 bits per heavy atom. The summed E-state index contributed by atoms with van der Waals surface area (Å²) in [5.74, 6) is 0. The maximum absolute atomic E-state index is 4.86. The number of nitrogens with zero attached hydrogens (tertiary/aromatic N) is 3. The Hall–Kier alpha value is -3.54. The van der Waals surface area contributed by atoms with Gasteiger partial charge in [-0.3, -0.25) is 4.98 Å². The monoisotopic (exact) mass is 507 g/mol. The van der Waals surface area contributed by atoms with Gasteiger partial charge in [0.25, 0.3) is 0 Å². The molecule has 2 heterocycles. The fraction of sp³-hybridized carbons (Fsp3) is 0. The molecule has 158 valence electrons. The number of rotatable bonds is 4. The van der Waals surface area contributed by atoms with E-state index >= 15 is 0 Å². The van der Waals surface area contributed by atoms with Crippen LogP contribution in [-0.2, 0) is 0 Å². The SMILES string of the molecule is Brc1cc2ncc(-c3cccc(N(c4ccccc4)c4ccc5ccccc5c4)c3)nc2s1. The average molecular weight is 508 g/mol. The van der Waals surface area contributed by atoms with Crippen molar-refractivity contribution in [3.05, 3.63) is 113 Å². The number of thiophene rings is 1. The summed E-state index contributed by atoms with van der Waals surface area (Å²) in [6.45, 7) is 0. The first-order valence-electron chi connectivity index (χ1n) is 10.6. The number of hydrogen-bond donors (Lipinski definition) is 0. The van der Waals surface area contributed by atoms with Crippen LogP contribution in [0.5, 0.6) is 0 Å². The van der Waals surface area contributed by atoms with Crippen LogP contribution < -0.4 is 4.90 Å². The van der Waals surface area contributed by atoms with Gasteiger partial charge in [0.1, 0.15) is 10.3 Å². The zero-order chi connectivity index (χ0) is 22.2. The van der Waals surface area contributed by atoms with Crippen LogP contribution >= 0.6 is 27.3 Å². The van der Waals surface area contributed by atoms with Crippen molar-refractivity contribution >= 4 is 65.4 Å². The Balaban J connectivity index is 1.49. The third-order valence-electron chi connectivity index (χ3n) is 5.62. The zero-order valence-electron chi connectivity index (χ0n) is 17.5. The van der Waals surface area contributed by atoms with Gasteiger partial charge >= 0.3 is 0 Å². The predicted molar refractivity (Wildman–Crippen MR) is 143 cm³/mol. The molecule has 0 bridgehead atoms. The van der Waals surface area contributed by atoms with Gasteiger partial charge in [-0.05, 0) is 69.2 Å². The number of benzene rings is 4. The standard InChI is InChI=1S/C28H18BrN3S/c29-27-17-25-28(33-27)31-26(18-30-25)21-9-6-12-23(16-21)32(22-10-2-1-3-11-22)24-14-13-19-7-4-5-8-20(19)15-24/h1-18H. The lowest BCUT2D eigenvalue weighted by Crippen LogP contribution is -2.09. The number of hydrogen-bond acceptors (Lipinski definition) is 4. The van der Waals surface area contributed by atoms with Crippen molar-refractivity contribution in [2.45, 2.75) is 0 Å². The van der Waals surface area contributed by atoms with Crippen LogP contribution in [0, 0.1) is 0 Å². The van der Waals surface area contributed by atoms with Gasteiger partial charge in [0.15, 0.2) is 0 Å². The molecule has 0 amide bonds. The van der Waals surface area contributed by atoms with Crippen LogP contribution in [0.1, 0.15) is 0 Å². The van der Waals surface area contributed by atoms with E-state index in [-0.39, 0.29) is 0 Å². The molecule has 0 fully saturated rings. The number of halogens is 1. The first kappa shape index (κ1) is 20.1. The minimum Gasteiger partial charge on any atom is -0.310 e. The molecule has 0 unspecified atom stereocenters. The second kappa shape index (κ2) is 8.43. The van der Waals surface area contributed by atoms with Gasteiger partial charge in [0.2, 0.25) is 0 Å². The second-order valence-corrected chi connectivity index (χ2v) is 10.2. The zero-order valence-corrected chi connectivity index (χ0v) is 19.9. The minimum absolute atomic E-state index is 0.866. The molecule has 0 N–H and O–H groups in total. The second-order valence-electron chi connectivity index (χ2n) is 7.75. The van der Waals surface area contributed by atoms with Gasteiger partial charge in [0.05, 0.1) is 15.7 Å². The summed E-state index contributed by atoms with van der Waals surface area (Å²) < 4.78 is 1.04. The molecule has 3 nitrogen and oxygen atoms in total. The molecule has 2 aromatic heterocycles. The van der Waals surface area contributed by atoms with Crippen LogP contribution in [0.3, 0.4) is 0 Å². The average Bonchev–Trinajstić information content (AvgIpc) is 3.24. The summed E-state index contributed by atoms with van der Waals surface area (Å²) in [5, 5.41) is 2.44. The van der Waals surface area contributed by atoms with E-state index in [9.17, 15) is 0 Å². The first-order valence-corrected chi connectivity index (χ1v) is 12.2. The highest BCUT2D eigenvalue weighted by Crippen LogP contribution is 2.37. The molecule has 0 spiro atoms. The smallest absolute Gasteiger partial charge is 0.143 e. The van der Waals surface area contributed by atoms with Gasteiger partial charge < -0.3 is 4.90 Å². The van der Waals surface area contributed by atoms with Crippen LogP contribution in [0.4, 0.5) is 17.1 Å². The molecule has 0 aliphatic carbocycles. The Bertz CT molecular complexity index is 1590. The van der Waals surface area contributed by atoms with E-state index in [0.29, 0.717) is 0 Å². The highest BCUT2D eigenvalue weighted by Gasteiger charge is 2.14. The fourth-order valence-corrected chi connectivity index (χ4v) is 5.46. The molecule has 0 atom stereocenters. The van der Waals surface area contributed by atoms with Crippen molar-refractivity contribution in [3.63, 3.8) is 0 Å². The molecule has 0 saturated heterocycles. The Morgan fingerprint density at radius 3 is 2.30 bits per heavy atom. The maximum Gasteiger partial charge on any atom is 0.143 e. The summed E-state index contributed by atoms with van der Waals surface area (Å²) in [6, 6.07) is 36.0. The quantitative estimate of drug-likeness (QED) is 0.238. The minimum atomic E-state index is 0.866. The summed E-state index contributed by atoms with van der Waals surface area (Å²) >= 11 is 5.14. The van der Waals surface area contributed by atoms with E-state index in [2.05, 4.69) is 117 Å². The third-order valence-corrected chi connectivity index (χ3v) is 7.14. The van der Waals surface area contributed by atoms with Crippen molar-refractivity contribution < 1.29 is 0 Å². The lowest BCUT2D eigenvalue weighted by Gasteiger charge is -2.26. The molecule has 5 heteroatoms. The number of aromatic nitrogens is 2. The molecular formula is C28H18BrN3S. The van der Waals surface area contributed by atoms with E-state index in [4.69, 9.17) is 4.98 Å². The molecule has 0 saturated carbocycles. The Morgan fingerprint density at radius 2 is 1.42 bits per heavy atom. The van der Waals surface area contributed by atoms with Crippen LogP contribution in [-0.4, -0.2) is 9.97 Å². The predicted octanol–water partition coefficient (Wildman–Crippen LogP) is 8.74. The van der Waals surface area contributed by atoms with Gasteiger partial charge in [-0.2, -0.15) is 0 Å². The fourth-order valence-electron chi connectivity index (χ4n) is 4.07. The first-order chi connectivity index (χ1) is 16.2. The van der Waals surface area contributed by atoms with E-state index in [1.807, 2.05) is 18.3 Å². The topological polar surface area (TPSA) is 29.0 Å². The summed E-state index contributed by atoms with van der Waals surface area (Å²) in [6.07, 6.45) is 1.85. The van der Waals surface area contributed by atoms with Crippen molar-refractivity contribution in [2.75, 3.05) is 4.90 Å². The number of fused-ring (bicyclic) bond motifs is 2.